The summed E-state index contributed by atoms with van der Waals surface area (Å²) in [5.41, 5.74) is 1.41. The molecule has 0 spiro atoms. The maximum absolute atomic E-state index is 12.1. The quantitative estimate of drug-likeness (QED) is 0.848. The molecule has 0 bridgehead atoms. The third-order valence-corrected chi connectivity index (χ3v) is 3.22. The minimum Gasteiger partial charge on any atom is -0.349 e. The molecule has 0 aliphatic carbocycles. The number of halogens is 1. The number of nitrogens with one attached hydrogen (secondary N) is 1. The highest BCUT2D eigenvalue weighted by Gasteiger charge is 2.15. The molecule has 1 rings (SSSR count). The number of pyridine rings is 1. The Hall–Kier alpha value is -1.09. The van der Waals surface area contributed by atoms with Gasteiger partial charge in [0.15, 0.2) is 0 Å². The molecule has 1 aromatic rings. The molecule has 0 aromatic carbocycles. The molecule has 1 N–H and O–H groups in total. The molecule has 18 heavy (non-hydrogen) atoms. The van der Waals surface area contributed by atoms with Gasteiger partial charge in [-0.15, -0.1) is 0 Å². The van der Waals surface area contributed by atoms with Gasteiger partial charge in [-0.3, -0.25) is 4.79 Å². The van der Waals surface area contributed by atoms with Gasteiger partial charge in [0, 0.05) is 17.3 Å². The molecule has 0 saturated heterocycles. The van der Waals surface area contributed by atoms with E-state index in [0.29, 0.717) is 16.6 Å². The van der Waals surface area contributed by atoms with E-state index in [1.807, 2.05) is 20.8 Å². The molecular formula is C14H21ClN2O. The topological polar surface area (TPSA) is 42.0 Å². The Labute approximate surface area is 114 Å². The molecule has 1 aromatic heterocycles. The Kier molecular flexibility index (Phi) is 5.15. The highest BCUT2D eigenvalue weighted by atomic mass is 35.5. The maximum Gasteiger partial charge on any atom is 0.251 e. The third kappa shape index (κ3) is 3.98. The summed E-state index contributed by atoms with van der Waals surface area (Å²) in [6, 6.07) is 3.54. The van der Waals surface area contributed by atoms with Crippen LogP contribution in [0.1, 0.15) is 56.6 Å². The lowest BCUT2D eigenvalue weighted by Crippen LogP contribution is -2.36. The van der Waals surface area contributed by atoms with Crippen molar-refractivity contribution >= 4 is 17.5 Å². The van der Waals surface area contributed by atoms with Gasteiger partial charge in [0.05, 0.1) is 0 Å². The standard InChI is InChI=1S/C14H21ClN2O/c1-8(2)10(5)16-14(18)11-6-12(9(3)4)17-13(15)7-11/h6-10H,1-5H3,(H,16,18). The fourth-order valence-corrected chi connectivity index (χ4v) is 1.62. The van der Waals surface area contributed by atoms with Crippen LogP contribution in [0.5, 0.6) is 0 Å². The van der Waals surface area contributed by atoms with Crippen molar-refractivity contribution < 1.29 is 4.79 Å². The number of nitrogens with zero attached hydrogens (tertiary/aromatic N) is 1. The SMILES string of the molecule is CC(C)c1cc(C(=O)NC(C)C(C)C)cc(Cl)n1. The van der Waals surface area contributed by atoms with Gasteiger partial charge < -0.3 is 5.32 Å². The van der Waals surface area contributed by atoms with Crippen LogP contribution in [0.3, 0.4) is 0 Å². The van der Waals surface area contributed by atoms with Crippen molar-refractivity contribution in [2.45, 2.75) is 46.6 Å². The van der Waals surface area contributed by atoms with E-state index in [4.69, 9.17) is 11.6 Å². The molecule has 0 fully saturated rings. The van der Waals surface area contributed by atoms with Crippen LogP contribution in [0.15, 0.2) is 12.1 Å². The maximum atomic E-state index is 12.1. The summed E-state index contributed by atoms with van der Waals surface area (Å²) in [5, 5.41) is 3.33. The van der Waals surface area contributed by atoms with E-state index in [0.717, 1.165) is 5.69 Å². The summed E-state index contributed by atoms with van der Waals surface area (Å²) >= 11 is 5.95. The molecule has 3 nitrogen and oxygen atoms in total. The number of hydrogen-bond donors (Lipinski definition) is 1. The van der Waals surface area contributed by atoms with Gasteiger partial charge in [0.2, 0.25) is 0 Å². The first-order valence-corrected chi connectivity index (χ1v) is 6.67. The van der Waals surface area contributed by atoms with E-state index >= 15 is 0 Å². The van der Waals surface area contributed by atoms with E-state index in [1.54, 1.807) is 12.1 Å². The molecular weight excluding hydrogens is 248 g/mol. The lowest BCUT2D eigenvalue weighted by Gasteiger charge is -2.18. The number of hydrogen-bond acceptors (Lipinski definition) is 2. The van der Waals surface area contributed by atoms with Gasteiger partial charge in [-0.2, -0.15) is 0 Å². The first kappa shape index (κ1) is 15.0. The number of carbonyl (C=O) groups is 1. The molecule has 1 heterocycles. The van der Waals surface area contributed by atoms with Gasteiger partial charge in [0.25, 0.3) is 5.91 Å². The van der Waals surface area contributed by atoms with Crippen molar-refractivity contribution in [3.05, 3.63) is 28.5 Å². The molecule has 4 heteroatoms. The lowest BCUT2D eigenvalue weighted by atomic mass is 10.0. The first-order valence-electron chi connectivity index (χ1n) is 6.29. The molecule has 0 saturated carbocycles. The van der Waals surface area contributed by atoms with Crippen molar-refractivity contribution in [2.75, 3.05) is 0 Å². The average molecular weight is 269 g/mol. The van der Waals surface area contributed by atoms with Crippen molar-refractivity contribution in [3.8, 4) is 0 Å². The van der Waals surface area contributed by atoms with Gasteiger partial charge >= 0.3 is 0 Å². The summed E-state index contributed by atoms with van der Waals surface area (Å²) < 4.78 is 0. The summed E-state index contributed by atoms with van der Waals surface area (Å²) in [5.74, 6) is 0.552. The van der Waals surface area contributed by atoms with Gasteiger partial charge in [-0.1, -0.05) is 39.3 Å². The molecule has 0 radical (unpaired) electrons. The monoisotopic (exact) mass is 268 g/mol. The van der Waals surface area contributed by atoms with Gasteiger partial charge in [0.1, 0.15) is 5.15 Å². The van der Waals surface area contributed by atoms with E-state index in [1.165, 1.54) is 0 Å². The van der Waals surface area contributed by atoms with Gasteiger partial charge in [-0.25, -0.2) is 4.98 Å². The zero-order chi connectivity index (χ0) is 13.9. The lowest BCUT2D eigenvalue weighted by molar-refractivity contribution is 0.0930. The number of rotatable bonds is 4. The Balaban J connectivity index is 2.92. The van der Waals surface area contributed by atoms with E-state index in [2.05, 4.69) is 24.1 Å². The molecule has 1 amide bonds. The smallest absolute Gasteiger partial charge is 0.251 e. The highest BCUT2D eigenvalue weighted by molar-refractivity contribution is 6.29. The Bertz CT molecular complexity index is 430. The minimum absolute atomic E-state index is 0.0950. The van der Waals surface area contributed by atoms with E-state index < -0.39 is 0 Å². The zero-order valence-electron chi connectivity index (χ0n) is 11.6. The Morgan fingerprint density at radius 1 is 1.22 bits per heavy atom. The van der Waals surface area contributed by atoms with Crippen molar-refractivity contribution in [2.24, 2.45) is 5.92 Å². The van der Waals surface area contributed by atoms with Crippen LogP contribution in [0.4, 0.5) is 0 Å². The predicted molar refractivity (Wildman–Crippen MR) is 75.1 cm³/mol. The highest BCUT2D eigenvalue weighted by Crippen LogP contribution is 2.18. The minimum atomic E-state index is -0.0950. The zero-order valence-corrected chi connectivity index (χ0v) is 12.4. The van der Waals surface area contributed by atoms with Crippen LogP contribution in [-0.2, 0) is 0 Å². The normalized spacial score (nSPS) is 12.9. The number of aromatic nitrogens is 1. The molecule has 100 valence electrons. The second kappa shape index (κ2) is 6.19. The third-order valence-electron chi connectivity index (χ3n) is 3.03. The summed E-state index contributed by atoms with van der Waals surface area (Å²) in [6.07, 6.45) is 0. The first-order chi connectivity index (χ1) is 8.31. The number of carbonyl (C=O) groups excluding carboxylic acids is 1. The van der Waals surface area contributed by atoms with Crippen LogP contribution >= 0.6 is 11.6 Å². The number of amides is 1. The summed E-state index contributed by atoms with van der Waals surface area (Å²) in [6.45, 7) is 10.2. The fourth-order valence-electron chi connectivity index (χ4n) is 1.40. The Morgan fingerprint density at radius 3 is 2.33 bits per heavy atom. The van der Waals surface area contributed by atoms with Crippen molar-refractivity contribution in [1.82, 2.24) is 10.3 Å². The molecule has 0 aliphatic heterocycles. The van der Waals surface area contributed by atoms with Gasteiger partial charge in [-0.05, 0) is 30.9 Å². The molecule has 0 aliphatic rings. The second-order valence-electron chi connectivity index (χ2n) is 5.26. The van der Waals surface area contributed by atoms with Crippen LogP contribution in [0.2, 0.25) is 5.15 Å². The van der Waals surface area contributed by atoms with Crippen LogP contribution in [0.25, 0.3) is 0 Å². The van der Waals surface area contributed by atoms with Crippen LogP contribution in [0, 0.1) is 5.92 Å². The summed E-state index contributed by atoms with van der Waals surface area (Å²) in [4.78, 5) is 16.3. The average Bonchev–Trinajstić information content (AvgIpc) is 2.27. The molecule has 1 atom stereocenters. The van der Waals surface area contributed by atoms with Crippen molar-refractivity contribution in [3.63, 3.8) is 0 Å². The summed E-state index contributed by atoms with van der Waals surface area (Å²) in [7, 11) is 0. The molecule has 1 unspecified atom stereocenters. The fraction of sp³-hybridized carbons (Fsp3) is 0.571. The second-order valence-corrected chi connectivity index (χ2v) is 5.65. The van der Waals surface area contributed by atoms with E-state index in [-0.39, 0.29) is 17.9 Å². The van der Waals surface area contributed by atoms with E-state index in [9.17, 15) is 4.79 Å². The van der Waals surface area contributed by atoms with Crippen LogP contribution < -0.4 is 5.32 Å². The van der Waals surface area contributed by atoms with Crippen molar-refractivity contribution in [1.29, 1.82) is 0 Å². The Morgan fingerprint density at radius 2 is 1.83 bits per heavy atom. The van der Waals surface area contributed by atoms with Crippen LogP contribution in [-0.4, -0.2) is 16.9 Å². The predicted octanol–water partition coefficient (Wildman–Crippen LogP) is 3.63. The largest absolute Gasteiger partial charge is 0.349 e.